The lowest BCUT2D eigenvalue weighted by Gasteiger charge is -2.07. The third kappa shape index (κ3) is 4.05. The van der Waals surface area contributed by atoms with Gasteiger partial charge in [0, 0.05) is 35.0 Å². The van der Waals surface area contributed by atoms with E-state index < -0.39 is 0 Å². The third-order valence-corrected chi connectivity index (χ3v) is 5.61. The molecule has 1 N–H and O–H groups in total. The largest absolute Gasteiger partial charge is 0.454 e. The van der Waals surface area contributed by atoms with Crippen molar-refractivity contribution in [2.45, 2.75) is 33.7 Å². The van der Waals surface area contributed by atoms with Gasteiger partial charge in [-0.3, -0.25) is 10.1 Å². The fourth-order valence-electron chi connectivity index (χ4n) is 3.42. The number of nitrogens with one attached hydrogen (secondary N) is 1. The predicted octanol–water partition coefficient (Wildman–Crippen LogP) is 5.02. The monoisotopic (exact) mass is 409 g/mol. The molecule has 1 amide bonds. The van der Waals surface area contributed by atoms with Crippen molar-refractivity contribution in [2.24, 2.45) is 0 Å². The standard InChI is InChI=1S/C22H23N3O3S/c1-4-9-25-14(2)10-17(15(25)3)18-12-29-22(23-18)24-21(26)8-6-16-5-7-19-20(11-16)28-13-27-19/h5-8,10-12H,4,9,13H2,1-3H3,(H,23,24,26). The van der Waals surface area contributed by atoms with Gasteiger partial charge in [0.05, 0.1) is 5.69 Å². The summed E-state index contributed by atoms with van der Waals surface area (Å²) in [6, 6.07) is 7.72. The van der Waals surface area contributed by atoms with Crippen LogP contribution in [0.5, 0.6) is 11.5 Å². The molecule has 4 rings (SSSR count). The van der Waals surface area contributed by atoms with Crippen LogP contribution in [-0.4, -0.2) is 22.3 Å². The lowest BCUT2D eigenvalue weighted by molar-refractivity contribution is -0.111. The van der Waals surface area contributed by atoms with Crippen LogP contribution in [0.1, 0.15) is 30.3 Å². The number of amides is 1. The van der Waals surface area contributed by atoms with E-state index >= 15 is 0 Å². The lowest BCUT2D eigenvalue weighted by Crippen LogP contribution is -2.07. The molecule has 1 aliphatic rings. The van der Waals surface area contributed by atoms with E-state index in [1.54, 1.807) is 6.08 Å². The number of rotatable bonds is 6. The molecule has 2 aromatic heterocycles. The summed E-state index contributed by atoms with van der Waals surface area (Å²) >= 11 is 1.43. The number of carbonyl (C=O) groups is 1. The van der Waals surface area contributed by atoms with Crippen LogP contribution in [0.2, 0.25) is 0 Å². The number of aromatic nitrogens is 2. The summed E-state index contributed by atoms with van der Waals surface area (Å²) in [5, 5.41) is 5.40. The van der Waals surface area contributed by atoms with E-state index in [1.165, 1.54) is 28.8 Å². The van der Waals surface area contributed by atoms with Crippen molar-refractivity contribution >= 4 is 28.5 Å². The SMILES string of the molecule is CCCn1c(C)cc(-c2csc(NC(=O)C=Cc3ccc4c(c3)OCO4)n2)c1C. The normalized spacial score (nSPS) is 12.7. The summed E-state index contributed by atoms with van der Waals surface area (Å²) in [7, 11) is 0. The van der Waals surface area contributed by atoms with Crippen molar-refractivity contribution in [3.63, 3.8) is 0 Å². The van der Waals surface area contributed by atoms with Crippen molar-refractivity contribution < 1.29 is 14.3 Å². The Kier molecular flexibility index (Phi) is 5.40. The van der Waals surface area contributed by atoms with Gasteiger partial charge in [-0.25, -0.2) is 4.98 Å². The average molecular weight is 410 g/mol. The minimum absolute atomic E-state index is 0.222. The van der Waals surface area contributed by atoms with Crippen LogP contribution in [0.15, 0.2) is 35.7 Å². The van der Waals surface area contributed by atoms with Gasteiger partial charge in [0.1, 0.15) is 0 Å². The maximum atomic E-state index is 12.3. The molecular weight excluding hydrogens is 386 g/mol. The van der Waals surface area contributed by atoms with E-state index in [-0.39, 0.29) is 12.7 Å². The molecule has 150 valence electrons. The first-order valence-corrected chi connectivity index (χ1v) is 10.4. The summed E-state index contributed by atoms with van der Waals surface area (Å²) < 4.78 is 13.0. The summed E-state index contributed by atoms with van der Waals surface area (Å²) in [5.41, 5.74) is 5.30. The fraction of sp³-hybridized carbons (Fsp3) is 0.273. The highest BCUT2D eigenvalue weighted by Crippen LogP contribution is 2.33. The average Bonchev–Trinajstić information content (AvgIpc) is 3.42. The Hall–Kier alpha value is -3.06. The van der Waals surface area contributed by atoms with Gasteiger partial charge in [-0.15, -0.1) is 11.3 Å². The second-order valence-electron chi connectivity index (χ2n) is 6.91. The van der Waals surface area contributed by atoms with E-state index in [2.05, 4.69) is 41.7 Å². The molecule has 0 saturated heterocycles. The van der Waals surface area contributed by atoms with Crippen molar-refractivity contribution in [2.75, 3.05) is 12.1 Å². The number of hydrogen-bond acceptors (Lipinski definition) is 5. The third-order valence-electron chi connectivity index (χ3n) is 4.85. The van der Waals surface area contributed by atoms with Crippen molar-refractivity contribution in [3.05, 3.63) is 52.7 Å². The zero-order valence-electron chi connectivity index (χ0n) is 16.7. The summed E-state index contributed by atoms with van der Waals surface area (Å²) in [4.78, 5) is 16.9. The molecular formula is C22H23N3O3S. The van der Waals surface area contributed by atoms with Gasteiger partial charge in [0.2, 0.25) is 12.7 Å². The van der Waals surface area contributed by atoms with Crippen LogP contribution in [-0.2, 0) is 11.3 Å². The number of carbonyl (C=O) groups excluding carboxylic acids is 1. The van der Waals surface area contributed by atoms with Gasteiger partial charge in [-0.1, -0.05) is 13.0 Å². The van der Waals surface area contributed by atoms with Gasteiger partial charge >= 0.3 is 0 Å². The number of aryl methyl sites for hydroxylation is 1. The first kappa shape index (κ1) is 19.3. The first-order valence-electron chi connectivity index (χ1n) is 9.56. The number of nitrogens with zero attached hydrogens (tertiary/aromatic N) is 2. The highest BCUT2D eigenvalue weighted by Gasteiger charge is 2.14. The van der Waals surface area contributed by atoms with Crippen molar-refractivity contribution in [1.29, 1.82) is 0 Å². The molecule has 29 heavy (non-hydrogen) atoms. The highest BCUT2D eigenvalue weighted by molar-refractivity contribution is 7.14. The Morgan fingerprint density at radius 3 is 2.93 bits per heavy atom. The van der Waals surface area contributed by atoms with Gasteiger partial charge in [-0.05, 0) is 50.1 Å². The van der Waals surface area contributed by atoms with E-state index in [9.17, 15) is 4.79 Å². The minimum atomic E-state index is -0.222. The zero-order chi connectivity index (χ0) is 20.4. The van der Waals surface area contributed by atoms with Gasteiger partial charge in [-0.2, -0.15) is 0 Å². The molecule has 1 aliphatic heterocycles. The van der Waals surface area contributed by atoms with Crippen LogP contribution < -0.4 is 14.8 Å². The molecule has 6 nitrogen and oxygen atoms in total. The second-order valence-corrected chi connectivity index (χ2v) is 7.77. The quantitative estimate of drug-likeness (QED) is 0.581. The minimum Gasteiger partial charge on any atom is -0.454 e. The Balaban J connectivity index is 1.44. The first-order chi connectivity index (χ1) is 14.0. The van der Waals surface area contributed by atoms with Crippen molar-refractivity contribution in [1.82, 2.24) is 9.55 Å². The zero-order valence-corrected chi connectivity index (χ0v) is 17.5. The highest BCUT2D eigenvalue weighted by atomic mass is 32.1. The molecule has 0 atom stereocenters. The second kappa shape index (κ2) is 8.13. The Bertz CT molecular complexity index is 1080. The molecule has 0 radical (unpaired) electrons. The number of fused-ring (bicyclic) bond motifs is 1. The molecule has 0 saturated carbocycles. The van der Waals surface area contributed by atoms with Crippen LogP contribution in [0.4, 0.5) is 5.13 Å². The van der Waals surface area contributed by atoms with Gasteiger partial charge in [0.15, 0.2) is 16.6 Å². The Morgan fingerprint density at radius 2 is 2.10 bits per heavy atom. The van der Waals surface area contributed by atoms with Gasteiger partial charge in [0.25, 0.3) is 0 Å². The van der Waals surface area contributed by atoms with E-state index in [0.29, 0.717) is 10.9 Å². The number of ether oxygens (including phenoxy) is 2. The fourth-order valence-corrected chi connectivity index (χ4v) is 4.13. The molecule has 0 spiro atoms. The predicted molar refractivity (Wildman–Crippen MR) is 116 cm³/mol. The topological polar surface area (TPSA) is 65.4 Å². The molecule has 0 unspecified atom stereocenters. The van der Waals surface area contributed by atoms with Crippen molar-refractivity contribution in [3.8, 4) is 22.8 Å². The van der Waals surface area contributed by atoms with E-state index in [0.717, 1.165) is 35.5 Å². The lowest BCUT2D eigenvalue weighted by atomic mass is 10.2. The molecule has 7 heteroatoms. The maximum Gasteiger partial charge on any atom is 0.250 e. The molecule has 0 aliphatic carbocycles. The Labute approximate surface area is 173 Å². The van der Waals surface area contributed by atoms with E-state index in [1.807, 2.05) is 23.6 Å². The Morgan fingerprint density at radius 1 is 1.28 bits per heavy atom. The van der Waals surface area contributed by atoms with Crippen LogP contribution in [0.3, 0.4) is 0 Å². The maximum absolute atomic E-state index is 12.3. The number of benzene rings is 1. The molecule has 1 aromatic carbocycles. The summed E-state index contributed by atoms with van der Waals surface area (Å²) in [6.45, 7) is 7.63. The molecule has 0 fully saturated rings. The number of hydrogen-bond donors (Lipinski definition) is 1. The molecule has 3 aromatic rings. The number of thiazole rings is 1. The van der Waals surface area contributed by atoms with E-state index in [4.69, 9.17) is 9.47 Å². The summed E-state index contributed by atoms with van der Waals surface area (Å²) in [5.74, 6) is 1.19. The van der Waals surface area contributed by atoms with Crippen LogP contribution in [0.25, 0.3) is 17.3 Å². The molecule has 3 heterocycles. The van der Waals surface area contributed by atoms with Crippen LogP contribution >= 0.6 is 11.3 Å². The smallest absolute Gasteiger partial charge is 0.250 e. The summed E-state index contributed by atoms with van der Waals surface area (Å²) in [6.07, 6.45) is 4.32. The number of anilines is 1. The van der Waals surface area contributed by atoms with Gasteiger partial charge < -0.3 is 14.0 Å². The van der Waals surface area contributed by atoms with Crippen LogP contribution in [0, 0.1) is 13.8 Å². The molecule has 0 bridgehead atoms.